The summed E-state index contributed by atoms with van der Waals surface area (Å²) in [6, 6.07) is 9.73. The number of hydrogen-bond donors (Lipinski definition) is 1. The van der Waals surface area contributed by atoms with E-state index in [9.17, 15) is 13.2 Å². The largest absolute Gasteiger partial charge is 0.303 e. The van der Waals surface area contributed by atoms with Crippen LogP contribution >= 0.6 is 11.8 Å². The minimum absolute atomic E-state index is 0.00936. The van der Waals surface area contributed by atoms with Gasteiger partial charge in [0.05, 0.1) is 5.75 Å². The molecule has 0 aromatic heterocycles. The fourth-order valence-corrected chi connectivity index (χ4v) is 4.91. The lowest BCUT2D eigenvalue weighted by Gasteiger charge is -2.23. The number of hydrogen-bond acceptors (Lipinski definition) is 5. The van der Waals surface area contributed by atoms with Crippen LogP contribution in [0.2, 0.25) is 0 Å². The second-order valence-corrected chi connectivity index (χ2v) is 8.71. The van der Waals surface area contributed by atoms with E-state index >= 15 is 0 Å². The Labute approximate surface area is 136 Å². The molecule has 0 heterocycles. The summed E-state index contributed by atoms with van der Waals surface area (Å²) >= 11 is 1.54. The SMILES string of the molecule is CN(C)C1(CS(=O)(=O)NC(=O)CCSc2ccccc2)CC1. The Morgan fingerprint density at radius 3 is 2.45 bits per heavy atom. The summed E-state index contributed by atoms with van der Waals surface area (Å²) in [5.41, 5.74) is -0.287. The second kappa shape index (κ2) is 7.02. The van der Waals surface area contributed by atoms with E-state index in [0.29, 0.717) is 5.75 Å². The van der Waals surface area contributed by atoms with Gasteiger partial charge in [-0.25, -0.2) is 8.42 Å². The second-order valence-electron chi connectivity index (χ2n) is 5.81. The van der Waals surface area contributed by atoms with Crippen LogP contribution in [-0.2, 0) is 14.8 Å². The molecule has 2 rings (SSSR count). The molecule has 0 spiro atoms. The zero-order chi connectivity index (χ0) is 16.2. The van der Waals surface area contributed by atoms with Gasteiger partial charge in [-0.15, -0.1) is 11.8 Å². The van der Waals surface area contributed by atoms with Crippen LogP contribution in [0.4, 0.5) is 0 Å². The minimum Gasteiger partial charge on any atom is -0.303 e. The van der Waals surface area contributed by atoms with Gasteiger partial charge in [0, 0.05) is 22.6 Å². The van der Waals surface area contributed by atoms with Crippen molar-refractivity contribution in [1.29, 1.82) is 0 Å². The predicted molar refractivity (Wildman–Crippen MR) is 89.4 cm³/mol. The predicted octanol–water partition coefficient (Wildman–Crippen LogP) is 1.71. The molecule has 0 unspecified atom stereocenters. The quantitative estimate of drug-likeness (QED) is 0.729. The number of carbonyl (C=O) groups is 1. The van der Waals surface area contributed by atoms with Crippen LogP contribution in [0.15, 0.2) is 35.2 Å². The molecule has 1 aliphatic rings. The smallest absolute Gasteiger partial charge is 0.236 e. The van der Waals surface area contributed by atoms with Gasteiger partial charge < -0.3 is 4.90 Å². The van der Waals surface area contributed by atoms with Gasteiger partial charge in [0.2, 0.25) is 15.9 Å². The third-order valence-electron chi connectivity index (χ3n) is 3.84. The first-order valence-electron chi connectivity index (χ1n) is 7.22. The van der Waals surface area contributed by atoms with Crippen molar-refractivity contribution in [1.82, 2.24) is 9.62 Å². The lowest BCUT2D eigenvalue weighted by Crippen LogP contribution is -2.43. The van der Waals surface area contributed by atoms with E-state index in [2.05, 4.69) is 4.72 Å². The normalized spacial score (nSPS) is 16.5. The monoisotopic (exact) mass is 342 g/mol. The molecule has 1 N–H and O–H groups in total. The Morgan fingerprint density at radius 1 is 1.27 bits per heavy atom. The minimum atomic E-state index is -3.57. The molecule has 5 nitrogen and oxygen atoms in total. The summed E-state index contributed by atoms with van der Waals surface area (Å²) in [5, 5.41) is 0. The van der Waals surface area contributed by atoms with E-state index in [0.717, 1.165) is 17.7 Å². The fraction of sp³-hybridized carbons (Fsp3) is 0.533. The van der Waals surface area contributed by atoms with Crippen LogP contribution in [0.25, 0.3) is 0 Å². The van der Waals surface area contributed by atoms with Gasteiger partial charge in [-0.2, -0.15) is 0 Å². The molecule has 0 radical (unpaired) electrons. The van der Waals surface area contributed by atoms with Crippen LogP contribution < -0.4 is 4.72 Å². The summed E-state index contributed by atoms with van der Waals surface area (Å²) in [5.74, 6) is 0.118. The molecule has 1 amide bonds. The molecule has 0 atom stereocenters. The summed E-state index contributed by atoms with van der Waals surface area (Å²) in [6.45, 7) is 0. The first-order chi connectivity index (χ1) is 10.3. The number of rotatable bonds is 8. The van der Waals surface area contributed by atoms with Crippen molar-refractivity contribution in [3.8, 4) is 0 Å². The highest BCUT2D eigenvalue weighted by molar-refractivity contribution is 7.99. The van der Waals surface area contributed by atoms with Crippen molar-refractivity contribution in [3.63, 3.8) is 0 Å². The number of amides is 1. The number of thioether (sulfide) groups is 1. The topological polar surface area (TPSA) is 66.5 Å². The van der Waals surface area contributed by atoms with E-state index < -0.39 is 15.9 Å². The van der Waals surface area contributed by atoms with Gasteiger partial charge in [-0.05, 0) is 39.1 Å². The van der Waals surface area contributed by atoms with Crippen molar-refractivity contribution in [3.05, 3.63) is 30.3 Å². The highest BCUT2D eigenvalue weighted by Gasteiger charge is 2.48. The number of benzene rings is 1. The maximum absolute atomic E-state index is 12.1. The molecule has 1 aliphatic carbocycles. The van der Waals surface area contributed by atoms with Gasteiger partial charge in [-0.1, -0.05) is 18.2 Å². The van der Waals surface area contributed by atoms with Crippen LogP contribution in [0.5, 0.6) is 0 Å². The Morgan fingerprint density at radius 2 is 1.91 bits per heavy atom. The Bertz CT molecular complexity index is 611. The van der Waals surface area contributed by atoms with Crippen LogP contribution in [-0.4, -0.2) is 50.4 Å². The van der Waals surface area contributed by atoms with E-state index in [1.54, 1.807) is 11.8 Å². The van der Waals surface area contributed by atoms with Crippen molar-refractivity contribution in [2.75, 3.05) is 25.6 Å². The van der Waals surface area contributed by atoms with E-state index in [1.807, 2.05) is 49.3 Å². The first kappa shape index (κ1) is 17.3. The molecule has 1 aromatic rings. The molecule has 22 heavy (non-hydrogen) atoms. The Hall–Kier alpha value is -1.05. The molecule has 1 saturated carbocycles. The summed E-state index contributed by atoms with van der Waals surface area (Å²) in [7, 11) is 0.185. The van der Waals surface area contributed by atoms with Gasteiger partial charge in [0.15, 0.2) is 0 Å². The van der Waals surface area contributed by atoms with E-state index in [1.165, 1.54) is 0 Å². The van der Waals surface area contributed by atoms with Crippen LogP contribution in [0.1, 0.15) is 19.3 Å². The van der Waals surface area contributed by atoms with Crippen LogP contribution in [0.3, 0.4) is 0 Å². The summed E-state index contributed by atoms with van der Waals surface area (Å²) in [6.07, 6.45) is 1.91. The number of nitrogens with one attached hydrogen (secondary N) is 1. The number of carbonyl (C=O) groups excluding carboxylic acids is 1. The molecular weight excluding hydrogens is 320 g/mol. The third-order valence-corrected chi connectivity index (χ3v) is 6.31. The summed E-state index contributed by atoms with van der Waals surface area (Å²) in [4.78, 5) is 14.8. The fourth-order valence-electron chi connectivity index (χ4n) is 2.26. The van der Waals surface area contributed by atoms with Gasteiger partial charge in [0.1, 0.15) is 0 Å². The standard InChI is InChI=1S/C15H22N2O3S2/c1-17(2)15(9-10-15)12-22(19,20)16-14(18)8-11-21-13-6-4-3-5-7-13/h3-7H,8-12H2,1-2H3,(H,16,18). The highest BCUT2D eigenvalue weighted by Crippen LogP contribution is 2.40. The third kappa shape index (κ3) is 5.00. The Kier molecular flexibility index (Phi) is 5.52. The van der Waals surface area contributed by atoms with Gasteiger partial charge in [-0.3, -0.25) is 9.52 Å². The maximum Gasteiger partial charge on any atom is 0.236 e. The van der Waals surface area contributed by atoms with Crippen molar-refractivity contribution >= 4 is 27.7 Å². The lowest BCUT2D eigenvalue weighted by molar-refractivity contribution is -0.118. The molecule has 0 saturated heterocycles. The Balaban J connectivity index is 1.76. The van der Waals surface area contributed by atoms with E-state index in [4.69, 9.17) is 0 Å². The molecule has 1 fully saturated rings. The zero-order valence-corrected chi connectivity index (χ0v) is 14.5. The number of sulfonamides is 1. The summed E-state index contributed by atoms with van der Waals surface area (Å²) < 4.78 is 26.3. The molecular formula is C15H22N2O3S2. The maximum atomic E-state index is 12.1. The van der Waals surface area contributed by atoms with Crippen molar-refractivity contribution in [2.24, 2.45) is 0 Å². The molecule has 122 valence electrons. The zero-order valence-electron chi connectivity index (χ0n) is 12.9. The molecule has 7 heteroatoms. The number of nitrogens with zero attached hydrogens (tertiary/aromatic N) is 1. The molecule has 0 aliphatic heterocycles. The highest BCUT2D eigenvalue weighted by atomic mass is 32.2. The van der Waals surface area contributed by atoms with Gasteiger partial charge in [0.25, 0.3) is 0 Å². The van der Waals surface area contributed by atoms with Crippen LogP contribution in [0, 0.1) is 0 Å². The average Bonchev–Trinajstić information content (AvgIpc) is 3.19. The lowest BCUT2D eigenvalue weighted by atomic mass is 10.3. The molecule has 0 bridgehead atoms. The molecule has 1 aromatic carbocycles. The van der Waals surface area contributed by atoms with Crippen molar-refractivity contribution < 1.29 is 13.2 Å². The van der Waals surface area contributed by atoms with E-state index in [-0.39, 0.29) is 17.7 Å². The average molecular weight is 342 g/mol. The van der Waals surface area contributed by atoms with Gasteiger partial charge >= 0.3 is 0 Å². The van der Waals surface area contributed by atoms with Crippen molar-refractivity contribution in [2.45, 2.75) is 29.7 Å². The first-order valence-corrected chi connectivity index (χ1v) is 9.85.